The number of halogens is 1. The van der Waals surface area contributed by atoms with Crippen LogP contribution in [0, 0.1) is 31.6 Å². The topological polar surface area (TPSA) is 143 Å². The first kappa shape index (κ1) is 37.7. The highest BCUT2D eigenvalue weighted by atomic mass is 35.5. The molecule has 58 heavy (non-hydrogen) atoms. The molecule has 1 saturated carbocycles. The van der Waals surface area contributed by atoms with Gasteiger partial charge >= 0.3 is 0 Å². The second kappa shape index (κ2) is 15.5. The number of aliphatic imine (C=N–C) groups is 1. The van der Waals surface area contributed by atoms with E-state index in [4.69, 9.17) is 21.6 Å². The van der Waals surface area contributed by atoms with Crippen LogP contribution in [0.25, 0.3) is 5.00 Å². The molecule has 9 rings (SSSR count). The van der Waals surface area contributed by atoms with Gasteiger partial charge in [-0.15, -0.1) is 21.5 Å². The molecule has 14 heteroatoms. The minimum Gasteiger partial charge on any atom is -0.384 e. The van der Waals surface area contributed by atoms with Gasteiger partial charge < -0.3 is 5.32 Å². The average molecular weight is 811 g/mol. The summed E-state index contributed by atoms with van der Waals surface area (Å²) in [5.74, 6) is 7.22. The van der Waals surface area contributed by atoms with Crippen molar-refractivity contribution in [3.63, 3.8) is 0 Å². The average Bonchev–Trinajstić information content (AvgIpc) is 3.79. The van der Waals surface area contributed by atoms with Gasteiger partial charge in [-0.25, -0.2) is 4.98 Å². The number of likely N-dealkylation sites (tertiary alicyclic amines) is 1. The maximum Gasteiger partial charge on any atom is 0.264 e. The third kappa shape index (κ3) is 7.06. The lowest BCUT2D eigenvalue weighted by Crippen LogP contribution is -2.47. The first-order valence-corrected chi connectivity index (χ1v) is 20.7. The number of piperidine rings is 1. The quantitative estimate of drug-likeness (QED) is 0.113. The Morgan fingerprint density at radius 3 is 2.48 bits per heavy atom. The van der Waals surface area contributed by atoms with Gasteiger partial charge in [-0.2, -0.15) is 0 Å². The molecular weight excluding hydrogens is 772 g/mol. The van der Waals surface area contributed by atoms with Gasteiger partial charge in [-0.1, -0.05) is 35.9 Å². The lowest BCUT2D eigenvalue weighted by atomic mass is 9.92. The third-order valence-electron chi connectivity index (χ3n) is 11.5. The molecular formula is C44H39ClN8O4S. The van der Waals surface area contributed by atoms with Crippen molar-refractivity contribution in [3.05, 3.63) is 121 Å². The molecule has 1 N–H and O–H groups in total. The highest BCUT2D eigenvalue weighted by molar-refractivity contribution is 7.15. The first-order chi connectivity index (χ1) is 28.1. The predicted molar refractivity (Wildman–Crippen MR) is 221 cm³/mol. The molecule has 4 aliphatic rings. The smallest absolute Gasteiger partial charge is 0.264 e. The zero-order chi connectivity index (χ0) is 40.1. The Kier molecular flexibility index (Phi) is 10.1. The van der Waals surface area contributed by atoms with E-state index in [1.54, 1.807) is 23.5 Å². The normalized spacial score (nSPS) is 18.3. The molecule has 3 aliphatic heterocycles. The third-order valence-corrected chi connectivity index (χ3v) is 12.9. The van der Waals surface area contributed by atoms with Gasteiger partial charge in [-0.05, 0) is 105 Å². The van der Waals surface area contributed by atoms with Crippen LogP contribution in [0.1, 0.15) is 97.3 Å². The molecule has 3 aromatic heterocycles. The molecule has 2 aromatic carbocycles. The number of nitrogens with one attached hydrogen (secondary N) is 1. The molecule has 0 bridgehead atoms. The number of fused-ring (bicyclic) bond motifs is 4. The number of benzene rings is 2. The summed E-state index contributed by atoms with van der Waals surface area (Å²) < 4.78 is 2.08. The van der Waals surface area contributed by atoms with Gasteiger partial charge in [0.1, 0.15) is 28.8 Å². The van der Waals surface area contributed by atoms with E-state index in [9.17, 15) is 19.2 Å². The van der Waals surface area contributed by atoms with Crippen molar-refractivity contribution in [1.82, 2.24) is 29.5 Å². The van der Waals surface area contributed by atoms with Gasteiger partial charge in [0.15, 0.2) is 11.6 Å². The number of ketones is 2. The second-order valence-corrected chi connectivity index (χ2v) is 16.7. The molecule has 5 aromatic rings. The number of rotatable bonds is 7. The summed E-state index contributed by atoms with van der Waals surface area (Å²) in [6, 6.07) is 16.1. The van der Waals surface area contributed by atoms with Crippen molar-refractivity contribution in [3.8, 4) is 16.8 Å². The predicted octanol–water partition coefficient (Wildman–Crippen LogP) is 6.36. The summed E-state index contributed by atoms with van der Waals surface area (Å²) in [4.78, 5) is 65.2. The molecule has 2 fully saturated rings. The number of pyridine rings is 1. The first-order valence-electron chi connectivity index (χ1n) is 19.5. The van der Waals surface area contributed by atoms with Crippen LogP contribution in [0.4, 0.5) is 5.69 Å². The molecule has 2 amide bonds. The van der Waals surface area contributed by atoms with Crippen molar-refractivity contribution in [2.24, 2.45) is 10.9 Å². The van der Waals surface area contributed by atoms with Crippen LogP contribution in [-0.2, 0) is 22.7 Å². The van der Waals surface area contributed by atoms with Crippen molar-refractivity contribution in [1.29, 1.82) is 0 Å². The molecule has 1 aliphatic carbocycles. The minimum atomic E-state index is -0.881. The number of carbonyl (C=O) groups excluding carboxylic acids is 4. The Hall–Kier alpha value is -5.81. The summed E-state index contributed by atoms with van der Waals surface area (Å²) >= 11 is 7.82. The minimum absolute atomic E-state index is 0.148. The number of hydrogen-bond acceptors (Lipinski definition) is 11. The van der Waals surface area contributed by atoms with Crippen LogP contribution in [0.5, 0.6) is 0 Å². The number of thiophene rings is 1. The largest absolute Gasteiger partial charge is 0.384 e. The zero-order valence-electron chi connectivity index (χ0n) is 32.0. The second-order valence-electron chi connectivity index (χ2n) is 15.3. The van der Waals surface area contributed by atoms with E-state index in [2.05, 4.69) is 49.8 Å². The van der Waals surface area contributed by atoms with Gasteiger partial charge in [-0.3, -0.25) is 38.5 Å². The number of imide groups is 1. The summed E-state index contributed by atoms with van der Waals surface area (Å²) in [5.41, 5.74) is 6.98. The Morgan fingerprint density at radius 1 is 0.914 bits per heavy atom. The van der Waals surface area contributed by atoms with E-state index < -0.39 is 17.9 Å². The molecule has 1 saturated heterocycles. The highest BCUT2D eigenvalue weighted by Crippen LogP contribution is 2.37. The summed E-state index contributed by atoms with van der Waals surface area (Å²) in [5, 5.41) is 13.8. The van der Waals surface area contributed by atoms with E-state index in [0.29, 0.717) is 46.5 Å². The summed E-state index contributed by atoms with van der Waals surface area (Å²) in [7, 11) is 0. The summed E-state index contributed by atoms with van der Waals surface area (Å²) in [6.07, 6.45) is 4.02. The number of nitrogens with zero attached hydrogens (tertiary/aromatic N) is 7. The van der Waals surface area contributed by atoms with E-state index in [1.807, 2.05) is 49.5 Å². The number of carbonyl (C=O) groups is 4. The van der Waals surface area contributed by atoms with Gasteiger partial charge in [0.25, 0.3) is 11.8 Å². The Balaban J connectivity index is 0.821. The molecule has 1 unspecified atom stereocenters. The molecule has 1 atom stereocenters. The van der Waals surface area contributed by atoms with Crippen LogP contribution >= 0.6 is 22.9 Å². The van der Waals surface area contributed by atoms with Crippen LogP contribution in [-0.4, -0.2) is 84.3 Å². The summed E-state index contributed by atoms with van der Waals surface area (Å²) in [6.45, 7) is 7.76. The number of Topliss-reactive ketones (excluding diaryl/α,β-unsaturated/α-hetero) is 2. The van der Waals surface area contributed by atoms with Crippen molar-refractivity contribution < 1.29 is 19.2 Å². The molecule has 292 valence electrons. The fraction of sp³-hybridized carbons (Fsp3) is 0.318. The number of amides is 2. The Morgan fingerprint density at radius 2 is 1.72 bits per heavy atom. The molecule has 0 spiro atoms. The monoisotopic (exact) mass is 810 g/mol. The maximum atomic E-state index is 13.5. The highest BCUT2D eigenvalue weighted by Gasteiger charge is 2.45. The number of anilines is 1. The van der Waals surface area contributed by atoms with Crippen molar-refractivity contribution in [2.45, 2.75) is 65.1 Å². The van der Waals surface area contributed by atoms with Gasteiger partial charge in [0.2, 0.25) is 0 Å². The molecule has 6 heterocycles. The van der Waals surface area contributed by atoms with E-state index in [-0.39, 0.29) is 30.8 Å². The number of aromatic nitrogens is 4. The van der Waals surface area contributed by atoms with Crippen molar-refractivity contribution >= 4 is 57.7 Å². The van der Waals surface area contributed by atoms with Crippen LogP contribution < -0.4 is 5.32 Å². The van der Waals surface area contributed by atoms with Crippen LogP contribution in [0.3, 0.4) is 0 Å². The SMILES string of the molecule is Cc1c(C#Cc2ccc(CN3CCC(CNc4cccc5c4C(=O)N(C4CCC(=O)CC4=O)C5=O)CC3)cn2)sc2c1C(c1ccc(Cl)cc1)=NCc1nnc(C)n1-2. The Bertz CT molecular complexity index is 2590. The zero-order valence-corrected chi connectivity index (χ0v) is 33.6. The molecule has 0 radical (unpaired) electrons. The van der Waals surface area contributed by atoms with Crippen molar-refractivity contribution in [2.75, 3.05) is 25.0 Å². The van der Waals surface area contributed by atoms with E-state index >= 15 is 0 Å². The van der Waals surface area contributed by atoms with E-state index in [0.717, 1.165) is 86.9 Å². The fourth-order valence-electron chi connectivity index (χ4n) is 8.34. The van der Waals surface area contributed by atoms with E-state index in [1.165, 1.54) is 0 Å². The standard InChI is InChI=1S/C44H39ClN8O4S/c1-25-37(58-44-39(25)41(29-7-9-30(45)10-8-29)48-23-38-50-49-26(2)52(38)44)15-12-31-11-6-28(22-46-31)24-51-18-16-27(17-19-51)21-47-34-5-3-4-33-40(34)43(57)53(42(33)56)35-14-13-32(54)20-36(35)55/h3-11,22,27,35,47H,13-14,16-21,23-24H2,1-2H3. The number of hydrogen-bond donors (Lipinski definition) is 1. The Labute approximate surface area is 344 Å². The van der Waals surface area contributed by atoms with Gasteiger partial charge in [0, 0.05) is 47.5 Å². The maximum absolute atomic E-state index is 13.5. The van der Waals surface area contributed by atoms with Crippen LogP contribution in [0.15, 0.2) is 65.8 Å². The molecule has 12 nitrogen and oxygen atoms in total. The fourth-order valence-corrected chi connectivity index (χ4v) is 9.70. The van der Waals surface area contributed by atoms with Crippen LogP contribution in [0.2, 0.25) is 5.02 Å². The lowest BCUT2D eigenvalue weighted by Gasteiger charge is -2.32. The number of aryl methyl sites for hydroxylation is 1. The lowest BCUT2D eigenvalue weighted by molar-refractivity contribution is -0.132. The van der Waals surface area contributed by atoms with Gasteiger partial charge in [0.05, 0.1) is 34.2 Å².